The van der Waals surface area contributed by atoms with E-state index >= 15 is 0 Å². The summed E-state index contributed by atoms with van der Waals surface area (Å²) in [5.41, 5.74) is 2.30. The predicted molar refractivity (Wildman–Crippen MR) is 132 cm³/mol. The van der Waals surface area contributed by atoms with Crippen LogP contribution in [0.5, 0.6) is 0 Å². The van der Waals surface area contributed by atoms with E-state index in [4.69, 9.17) is 0 Å². The molecule has 2 fully saturated rings. The van der Waals surface area contributed by atoms with Crippen molar-refractivity contribution in [3.63, 3.8) is 0 Å². The molecule has 6 rings (SSSR count). The van der Waals surface area contributed by atoms with Crippen LogP contribution in [0, 0.1) is 0 Å². The van der Waals surface area contributed by atoms with Crippen LogP contribution in [0.25, 0.3) is 10.8 Å². The highest BCUT2D eigenvalue weighted by Gasteiger charge is 2.42. The third-order valence-corrected chi connectivity index (χ3v) is 7.68. The Bertz CT molecular complexity index is 1350. The molecule has 1 atom stereocenters. The lowest BCUT2D eigenvalue weighted by atomic mass is 9.81. The Balaban J connectivity index is 1.31. The fraction of sp³-hybridized carbons (Fsp3) is 0.321. The molecule has 0 radical (unpaired) electrons. The molecule has 3 amide bonds. The van der Waals surface area contributed by atoms with E-state index in [0.717, 1.165) is 36.0 Å². The number of likely N-dealkylation sites (tertiary alicyclic amines) is 1. The molecular formula is C28H27N3O4. The maximum atomic E-state index is 13.4. The van der Waals surface area contributed by atoms with Gasteiger partial charge in [-0.25, -0.2) is 0 Å². The van der Waals surface area contributed by atoms with Gasteiger partial charge in [0.05, 0.1) is 11.3 Å². The van der Waals surface area contributed by atoms with E-state index in [1.54, 1.807) is 6.07 Å². The van der Waals surface area contributed by atoms with Gasteiger partial charge < -0.3 is 5.11 Å². The number of piperidine rings is 2. The maximum Gasteiger partial charge on any atom is 0.259 e. The van der Waals surface area contributed by atoms with E-state index in [9.17, 15) is 19.5 Å². The van der Waals surface area contributed by atoms with Crippen LogP contribution in [-0.4, -0.2) is 46.9 Å². The van der Waals surface area contributed by atoms with Gasteiger partial charge in [-0.05, 0) is 47.9 Å². The highest BCUT2D eigenvalue weighted by atomic mass is 16.3. The third kappa shape index (κ3) is 3.63. The van der Waals surface area contributed by atoms with Crippen molar-refractivity contribution in [1.82, 2.24) is 10.2 Å². The molecule has 1 unspecified atom stereocenters. The fourth-order valence-electron chi connectivity index (χ4n) is 5.84. The summed E-state index contributed by atoms with van der Waals surface area (Å²) in [6, 6.07) is 18.9. The molecule has 0 aromatic heterocycles. The molecule has 7 nitrogen and oxygen atoms in total. The Morgan fingerprint density at radius 1 is 0.943 bits per heavy atom. The van der Waals surface area contributed by atoms with E-state index in [1.807, 2.05) is 42.5 Å². The third-order valence-electron chi connectivity index (χ3n) is 7.68. The number of rotatable bonds is 4. The van der Waals surface area contributed by atoms with Crippen LogP contribution in [0.3, 0.4) is 0 Å². The van der Waals surface area contributed by atoms with Crippen molar-refractivity contribution in [1.29, 1.82) is 0 Å². The van der Waals surface area contributed by atoms with Gasteiger partial charge in [0.25, 0.3) is 5.91 Å². The molecule has 0 saturated carbocycles. The Morgan fingerprint density at radius 2 is 1.71 bits per heavy atom. The number of aliphatic hydroxyl groups is 1. The fourth-order valence-corrected chi connectivity index (χ4v) is 5.84. The molecule has 3 aromatic rings. The molecule has 178 valence electrons. The van der Waals surface area contributed by atoms with E-state index < -0.39 is 17.6 Å². The molecule has 3 aliphatic heterocycles. The van der Waals surface area contributed by atoms with E-state index in [2.05, 4.69) is 22.3 Å². The largest absolute Gasteiger partial charge is 0.385 e. The quantitative estimate of drug-likeness (QED) is 0.573. The molecule has 3 heterocycles. The highest BCUT2D eigenvalue weighted by Crippen LogP contribution is 2.45. The topological polar surface area (TPSA) is 90.0 Å². The smallest absolute Gasteiger partial charge is 0.259 e. The predicted octanol–water partition coefficient (Wildman–Crippen LogP) is 3.09. The summed E-state index contributed by atoms with van der Waals surface area (Å²) in [7, 11) is 0. The molecule has 2 N–H and O–H groups in total. The van der Waals surface area contributed by atoms with Crippen LogP contribution in [0.1, 0.15) is 47.2 Å². The molecule has 0 aliphatic carbocycles. The second-order valence-electron chi connectivity index (χ2n) is 9.80. The Morgan fingerprint density at radius 3 is 2.46 bits per heavy atom. The lowest BCUT2D eigenvalue weighted by Gasteiger charge is -2.39. The summed E-state index contributed by atoms with van der Waals surface area (Å²) in [5.74, 6) is -0.984. The summed E-state index contributed by atoms with van der Waals surface area (Å²) in [4.78, 5) is 41.5. The minimum absolute atomic E-state index is 0.205. The zero-order valence-corrected chi connectivity index (χ0v) is 19.4. The number of benzene rings is 3. The van der Waals surface area contributed by atoms with Gasteiger partial charge in [-0.1, -0.05) is 48.5 Å². The van der Waals surface area contributed by atoms with Gasteiger partial charge in [0.2, 0.25) is 11.8 Å². The van der Waals surface area contributed by atoms with Crippen LogP contribution >= 0.6 is 0 Å². The number of imide groups is 1. The molecule has 7 heteroatoms. The van der Waals surface area contributed by atoms with Crippen LogP contribution in [0.2, 0.25) is 0 Å². The summed E-state index contributed by atoms with van der Waals surface area (Å²) < 4.78 is 0. The van der Waals surface area contributed by atoms with Crippen molar-refractivity contribution in [2.45, 2.75) is 43.9 Å². The van der Waals surface area contributed by atoms with E-state index in [0.29, 0.717) is 30.5 Å². The maximum absolute atomic E-state index is 13.4. The summed E-state index contributed by atoms with van der Waals surface area (Å²) in [6.45, 7) is 2.40. The van der Waals surface area contributed by atoms with Gasteiger partial charge in [0.15, 0.2) is 0 Å². The molecule has 35 heavy (non-hydrogen) atoms. The molecule has 3 aromatic carbocycles. The summed E-state index contributed by atoms with van der Waals surface area (Å²) >= 11 is 0. The van der Waals surface area contributed by atoms with Crippen LogP contribution in [0.4, 0.5) is 5.69 Å². The van der Waals surface area contributed by atoms with E-state index in [-0.39, 0.29) is 18.2 Å². The monoisotopic (exact) mass is 469 g/mol. The Labute approximate surface area is 203 Å². The van der Waals surface area contributed by atoms with Gasteiger partial charge >= 0.3 is 0 Å². The molecule has 3 aliphatic rings. The first kappa shape index (κ1) is 21.9. The number of hydrogen-bond donors (Lipinski definition) is 2. The van der Waals surface area contributed by atoms with Crippen molar-refractivity contribution >= 4 is 34.2 Å². The standard InChI is InChI=1S/C28H27N3O4/c32-24-12-11-23(26(33)29-24)31-22-8-4-7-19-21(10-9-20(25(19)22)27(31)34)28(35)13-15-30(16-14-28)17-18-5-2-1-3-6-18/h1-10,23,35H,11-17H2,(H,29,32,33). The van der Waals surface area contributed by atoms with Gasteiger partial charge in [0.1, 0.15) is 6.04 Å². The average molecular weight is 470 g/mol. The second-order valence-corrected chi connectivity index (χ2v) is 9.80. The van der Waals surface area contributed by atoms with Gasteiger partial charge in [-0.3, -0.25) is 29.5 Å². The number of carbonyl (C=O) groups excluding carboxylic acids is 3. The van der Waals surface area contributed by atoms with Crippen molar-refractivity contribution in [3.8, 4) is 0 Å². The van der Waals surface area contributed by atoms with Crippen LogP contribution in [-0.2, 0) is 21.7 Å². The second kappa shape index (κ2) is 8.29. The first-order valence-corrected chi connectivity index (χ1v) is 12.2. The number of nitrogens with one attached hydrogen (secondary N) is 1. The lowest BCUT2D eigenvalue weighted by molar-refractivity contribution is -0.134. The number of anilines is 1. The summed E-state index contributed by atoms with van der Waals surface area (Å²) in [5, 5.41) is 15.7. The zero-order valence-electron chi connectivity index (χ0n) is 19.4. The number of nitrogens with zero attached hydrogens (tertiary/aromatic N) is 2. The minimum Gasteiger partial charge on any atom is -0.385 e. The summed E-state index contributed by atoms with van der Waals surface area (Å²) in [6.07, 6.45) is 1.71. The SMILES string of the molecule is O=C1CCC(N2C(=O)c3ccc(C4(O)CCN(Cc5ccccc5)CC4)c4cccc2c34)C(=O)N1. The van der Waals surface area contributed by atoms with Gasteiger partial charge in [-0.15, -0.1) is 0 Å². The Hall–Kier alpha value is -3.55. The number of hydrogen-bond acceptors (Lipinski definition) is 5. The van der Waals surface area contributed by atoms with Crippen molar-refractivity contribution < 1.29 is 19.5 Å². The Kier molecular flexibility index (Phi) is 5.20. The molecule has 0 spiro atoms. The highest BCUT2D eigenvalue weighted by molar-refractivity contribution is 6.27. The van der Waals surface area contributed by atoms with Crippen LogP contribution < -0.4 is 10.2 Å². The zero-order chi connectivity index (χ0) is 24.2. The van der Waals surface area contributed by atoms with Gasteiger partial charge in [-0.2, -0.15) is 0 Å². The lowest BCUT2D eigenvalue weighted by Crippen LogP contribution is -2.53. The first-order chi connectivity index (χ1) is 16.9. The van der Waals surface area contributed by atoms with Gasteiger partial charge in [0, 0.05) is 37.0 Å². The molecular weight excluding hydrogens is 442 g/mol. The van der Waals surface area contributed by atoms with Crippen molar-refractivity contribution in [3.05, 3.63) is 77.4 Å². The number of amides is 3. The van der Waals surface area contributed by atoms with Crippen molar-refractivity contribution in [2.24, 2.45) is 0 Å². The normalized spacial score (nSPS) is 22.0. The van der Waals surface area contributed by atoms with E-state index in [1.165, 1.54) is 10.5 Å². The van der Waals surface area contributed by atoms with Crippen molar-refractivity contribution in [2.75, 3.05) is 18.0 Å². The molecule has 0 bridgehead atoms. The number of carbonyl (C=O) groups is 3. The minimum atomic E-state index is -0.991. The van der Waals surface area contributed by atoms with Crippen LogP contribution in [0.15, 0.2) is 60.7 Å². The average Bonchev–Trinajstić information content (AvgIpc) is 3.14. The first-order valence-electron chi connectivity index (χ1n) is 12.2. The molecule has 2 saturated heterocycles.